The molecule has 114 valence electrons. The number of carbonyl (C=O) groups excluding carboxylic acids is 1. The van der Waals surface area contributed by atoms with Gasteiger partial charge in [-0.25, -0.2) is 0 Å². The van der Waals surface area contributed by atoms with Crippen molar-refractivity contribution in [1.29, 1.82) is 0 Å². The second-order valence-corrected chi connectivity index (χ2v) is 5.51. The number of unbranched alkanes of at least 4 members (excludes halogenated alkanes) is 2. The second-order valence-electron chi connectivity index (χ2n) is 5.51. The normalized spacial score (nSPS) is 11.0. The zero-order valence-electron chi connectivity index (χ0n) is 13.0. The molecule has 0 fully saturated rings. The van der Waals surface area contributed by atoms with E-state index < -0.39 is 0 Å². The molecule has 2 rings (SSSR count). The molecule has 0 aliphatic heterocycles. The third-order valence-electron chi connectivity index (χ3n) is 3.79. The third kappa shape index (κ3) is 3.57. The lowest BCUT2D eigenvalue weighted by Gasteiger charge is -2.22. The van der Waals surface area contributed by atoms with Crippen molar-refractivity contribution in [2.75, 3.05) is 18.8 Å². The van der Waals surface area contributed by atoms with Crippen LogP contribution in [0.4, 0.5) is 5.69 Å². The van der Waals surface area contributed by atoms with Crippen LogP contribution in [0.1, 0.15) is 49.9 Å². The molecular formula is C17H25N3O. The van der Waals surface area contributed by atoms with Crippen LogP contribution in [0.15, 0.2) is 24.4 Å². The smallest absolute Gasteiger partial charge is 0.256 e. The molecule has 0 bridgehead atoms. The standard InChI is InChI=1S/C17H25N3O/c1-3-5-9-20(10-6-4-2)17(21)15-12-19-16-8-7-13(18)11-14(15)16/h7-8,11-12,19H,3-6,9-10,18H2,1-2H3. The van der Waals surface area contributed by atoms with E-state index in [0.717, 1.165) is 55.2 Å². The molecular weight excluding hydrogens is 262 g/mol. The van der Waals surface area contributed by atoms with Crippen LogP contribution < -0.4 is 5.73 Å². The highest BCUT2D eigenvalue weighted by molar-refractivity contribution is 6.07. The van der Waals surface area contributed by atoms with E-state index in [1.807, 2.05) is 23.1 Å². The summed E-state index contributed by atoms with van der Waals surface area (Å²) in [7, 11) is 0. The van der Waals surface area contributed by atoms with E-state index in [-0.39, 0.29) is 5.91 Å². The number of carbonyl (C=O) groups is 1. The number of hydrogen-bond donors (Lipinski definition) is 2. The van der Waals surface area contributed by atoms with Gasteiger partial charge in [0.15, 0.2) is 0 Å². The summed E-state index contributed by atoms with van der Waals surface area (Å²) in [4.78, 5) is 17.9. The minimum absolute atomic E-state index is 0.105. The Hall–Kier alpha value is -1.97. The number of benzene rings is 1. The monoisotopic (exact) mass is 287 g/mol. The van der Waals surface area contributed by atoms with Crippen molar-refractivity contribution in [1.82, 2.24) is 9.88 Å². The molecule has 1 aromatic heterocycles. The summed E-state index contributed by atoms with van der Waals surface area (Å²) in [5, 5.41) is 0.915. The van der Waals surface area contributed by atoms with Gasteiger partial charge in [0, 0.05) is 35.9 Å². The van der Waals surface area contributed by atoms with E-state index in [1.165, 1.54) is 0 Å². The summed E-state index contributed by atoms with van der Waals surface area (Å²) in [6.45, 7) is 5.94. The molecule has 0 aliphatic carbocycles. The topological polar surface area (TPSA) is 62.1 Å². The van der Waals surface area contributed by atoms with E-state index in [1.54, 1.807) is 6.20 Å². The highest BCUT2D eigenvalue weighted by Gasteiger charge is 2.18. The minimum atomic E-state index is 0.105. The van der Waals surface area contributed by atoms with Crippen molar-refractivity contribution in [2.24, 2.45) is 0 Å². The van der Waals surface area contributed by atoms with E-state index in [0.29, 0.717) is 5.69 Å². The SMILES string of the molecule is CCCCN(CCCC)C(=O)c1c[nH]c2ccc(N)cc12. The lowest BCUT2D eigenvalue weighted by molar-refractivity contribution is 0.0753. The van der Waals surface area contributed by atoms with E-state index in [9.17, 15) is 4.79 Å². The molecule has 2 aromatic rings. The molecule has 3 N–H and O–H groups in total. The molecule has 0 spiro atoms. The zero-order chi connectivity index (χ0) is 15.2. The molecule has 0 aliphatic rings. The van der Waals surface area contributed by atoms with Crippen LogP contribution in [0, 0.1) is 0 Å². The number of hydrogen-bond acceptors (Lipinski definition) is 2. The highest BCUT2D eigenvalue weighted by atomic mass is 16.2. The summed E-state index contributed by atoms with van der Waals surface area (Å²) >= 11 is 0. The zero-order valence-corrected chi connectivity index (χ0v) is 13.0. The maximum absolute atomic E-state index is 12.8. The molecule has 0 saturated carbocycles. The van der Waals surface area contributed by atoms with Crippen LogP contribution in [0.2, 0.25) is 0 Å². The van der Waals surface area contributed by atoms with Gasteiger partial charge in [0.25, 0.3) is 5.91 Å². The number of nitrogen functional groups attached to an aromatic ring is 1. The van der Waals surface area contributed by atoms with Crippen molar-refractivity contribution in [3.05, 3.63) is 30.0 Å². The fourth-order valence-electron chi connectivity index (χ4n) is 2.50. The van der Waals surface area contributed by atoms with Gasteiger partial charge >= 0.3 is 0 Å². The summed E-state index contributed by atoms with van der Waals surface area (Å²) in [6, 6.07) is 5.64. The van der Waals surface area contributed by atoms with E-state index >= 15 is 0 Å². The van der Waals surface area contributed by atoms with Crippen LogP contribution in [0.25, 0.3) is 10.9 Å². The number of anilines is 1. The van der Waals surface area contributed by atoms with Gasteiger partial charge in [-0.15, -0.1) is 0 Å². The molecule has 1 heterocycles. The number of H-pyrrole nitrogens is 1. The Bertz CT molecular complexity index is 595. The molecule has 4 heteroatoms. The first kappa shape index (κ1) is 15.4. The molecule has 0 saturated heterocycles. The average Bonchev–Trinajstić information content (AvgIpc) is 2.89. The van der Waals surface area contributed by atoms with Crippen molar-refractivity contribution < 1.29 is 4.79 Å². The molecule has 21 heavy (non-hydrogen) atoms. The number of amides is 1. The summed E-state index contributed by atoms with van der Waals surface area (Å²) in [5.41, 5.74) is 8.22. The van der Waals surface area contributed by atoms with Crippen LogP contribution in [-0.4, -0.2) is 28.9 Å². The van der Waals surface area contributed by atoms with Gasteiger partial charge in [-0.2, -0.15) is 0 Å². The summed E-state index contributed by atoms with van der Waals surface area (Å²) in [6.07, 6.45) is 6.07. The van der Waals surface area contributed by atoms with E-state index in [4.69, 9.17) is 5.73 Å². The van der Waals surface area contributed by atoms with Crippen LogP contribution in [0.3, 0.4) is 0 Å². The second kappa shape index (κ2) is 7.16. The van der Waals surface area contributed by atoms with Gasteiger partial charge in [0.05, 0.1) is 5.56 Å². The molecule has 0 atom stereocenters. The lowest BCUT2D eigenvalue weighted by atomic mass is 10.1. The first-order chi connectivity index (χ1) is 10.2. The van der Waals surface area contributed by atoms with E-state index in [2.05, 4.69) is 18.8 Å². The molecule has 1 amide bonds. The first-order valence-corrected chi connectivity index (χ1v) is 7.83. The van der Waals surface area contributed by atoms with Gasteiger partial charge in [-0.05, 0) is 31.0 Å². The van der Waals surface area contributed by atoms with Gasteiger partial charge in [0.2, 0.25) is 0 Å². The fourth-order valence-corrected chi connectivity index (χ4v) is 2.50. The van der Waals surface area contributed by atoms with Crippen molar-refractivity contribution >= 4 is 22.5 Å². The maximum Gasteiger partial charge on any atom is 0.256 e. The Morgan fingerprint density at radius 3 is 2.48 bits per heavy atom. The van der Waals surface area contributed by atoms with Crippen LogP contribution >= 0.6 is 0 Å². The molecule has 4 nitrogen and oxygen atoms in total. The Morgan fingerprint density at radius 1 is 1.19 bits per heavy atom. The Morgan fingerprint density at radius 2 is 1.86 bits per heavy atom. The Labute approximate surface area is 126 Å². The number of aromatic amines is 1. The number of fused-ring (bicyclic) bond motifs is 1. The fraction of sp³-hybridized carbons (Fsp3) is 0.471. The van der Waals surface area contributed by atoms with Gasteiger partial charge in [-0.1, -0.05) is 26.7 Å². The number of nitrogens with one attached hydrogen (secondary N) is 1. The number of rotatable bonds is 7. The Kier molecular flexibility index (Phi) is 5.26. The van der Waals surface area contributed by atoms with Gasteiger partial charge in [0.1, 0.15) is 0 Å². The third-order valence-corrected chi connectivity index (χ3v) is 3.79. The predicted molar refractivity (Wildman–Crippen MR) is 88.4 cm³/mol. The highest BCUT2D eigenvalue weighted by Crippen LogP contribution is 2.22. The van der Waals surface area contributed by atoms with Crippen LogP contribution in [0.5, 0.6) is 0 Å². The lowest BCUT2D eigenvalue weighted by Crippen LogP contribution is -2.32. The van der Waals surface area contributed by atoms with Gasteiger partial charge < -0.3 is 15.6 Å². The van der Waals surface area contributed by atoms with Crippen molar-refractivity contribution in [3.63, 3.8) is 0 Å². The number of nitrogens with two attached hydrogens (primary N) is 1. The quantitative estimate of drug-likeness (QED) is 0.761. The molecule has 0 radical (unpaired) electrons. The van der Waals surface area contributed by atoms with Crippen LogP contribution in [-0.2, 0) is 0 Å². The average molecular weight is 287 g/mol. The molecule has 1 aromatic carbocycles. The first-order valence-electron chi connectivity index (χ1n) is 7.83. The maximum atomic E-state index is 12.8. The van der Waals surface area contributed by atoms with Crippen molar-refractivity contribution in [3.8, 4) is 0 Å². The minimum Gasteiger partial charge on any atom is -0.399 e. The number of aromatic nitrogens is 1. The summed E-state index contributed by atoms with van der Waals surface area (Å²) in [5.74, 6) is 0.105. The van der Waals surface area contributed by atoms with Gasteiger partial charge in [-0.3, -0.25) is 4.79 Å². The predicted octanol–water partition coefficient (Wildman–Crippen LogP) is 3.79. The largest absolute Gasteiger partial charge is 0.399 e. The number of nitrogens with zero attached hydrogens (tertiary/aromatic N) is 1. The van der Waals surface area contributed by atoms with Crippen molar-refractivity contribution in [2.45, 2.75) is 39.5 Å². The summed E-state index contributed by atoms with van der Waals surface area (Å²) < 4.78 is 0. The Balaban J connectivity index is 2.26. The molecule has 0 unspecified atom stereocenters.